The van der Waals surface area contributed by atoms with Crippen molar-refractivity contribution >= 4 is 5.78 Å². The Balaban J connectivity index is 0.00000132. The van der Waals surface area contributed by atoms with Crippen LogP contribution in [0.5, 0.6) is 0 Å². The Bertz CT molecular complexity index is 515. The van der Waals surface area contributed by atoms with Gasteiger partial charge in [0.1, 0.15) is 32.4 Å². The van der Waals surface area contributed by atoms with E-state index < -0.39 is 0 Å². The van der Waals surface area contributed by atoms with Crippen LogP contribution in [0.25, 0.3) is 0 Å². The predicted molar refractivity (Wildman–Crippen MR) is 70.6 cm³/mol. The predicted octanol–water partition coefficient (Wildman–Crippen LogP) is -2.48. The van der Waals surface area contributed by atoms with Gasteiger partial charge < -0.3 is 17.0 Å². The van der Waals surface area contributed by atoms with Crippen molar-refractivity contribution in [3.8, 4) is 0 Å². The van der Waals surface area contributed by atoms with Crippen molar-refractivity contribution in [1.82, 2.24) is 14.7 Å². The first-order valence-electron chi connectivity index (χ1n) is 6.93. The molecule has 4 fully saturated rings. The van der Waals surface area contributed by atoms with E-state index in [1.807, 2.05) is 0 Å². The summed E-state index contributed by atoms with van der Waals surface area (Å²) < 4.78 is 13.7. The Morgan fingerprint density at radius 2 is 1.48 bits per heavy atom. The lowest BCUT2D eigenvalue weighted by atomic mass is 10.1. The lowest BCUT2D eigenvalue weighted by molar-refractivity contribution is -0.973. The van der Waals surface area contributed by atoms with E-state index in [2.05, 4.69) is 14.7 Å². The molecule has 0 unspecified atom stereocenters. The van der Waals surface area contributed by atoms with Crippen molar-refractivity contribution in [2.45, 2.75) is 0 Å². The van der Waals surface area contributed by atoms with Crippen LogP contribution in [-0.4, -0.2) is 71.5 Å². The number of quaternary nitrogens is 1. The quantitative estimate of drug-likeness (QED) is 0.442. The number of carbonyl (C=O) groups is 1. The summed E-state index contributed by atoms with van der Waals surface area (Å²) in [6.07, 6.45) is 0. The number of hydrogen-bond donors (Lipinski definition) is 0. The molecule has 114 valence electrons. The van der Waals surface area contributed by atoms with Crippen molar-refractivity contribution in [3.63, 3.8) is 0 Å². The maximum Gasteiger partial charge on any atom is 0.217 e. The third kappa shape index (κ3) is 2.76. The third-order valence-electron chi connectivity index (χ3n) is 4.35. The molecule has 4 aliphatic rings. The number of Topliss-reactive ketones (excluding diaryl/α,β-unsaturated/α-hetero) is 1. The fourth-order valence-corrected chi connectivity index (χ4v) is 3.84. The average Bonchev–Trinajstić information content (AvgIpc) is 2.37. The SMILES string of the molecule is O=C(C[N+]12CN3CN(CN(C3)C1)C2)c1ccc(F)cc1.[Br-]. The highest BCUT2D eigenvalue weighted by atomic mass is 79.9. The van der Waals surface area contributed by atoms with Gasteiger partial charge in [-0.25, -0.2) is 19.1 Å². The monoisotopic (exact) mass is 356 g/mol. The molecular weight excluding hydrogens is 339 g/mol. The van der Waals surface area contributed by atoms with Crippen LogP contribution < -0.4 is 17.0 Å². The summed E-state index contributed by atoms with van der Waals surface area (Å²) in [6, 6.07) is 5.89. The van der Waals surface area contributed by atoms with Crippen LogP contribution in [0.15, 0.2) is 24.3 Å². The van der Waals surface area contributed by atoms with Gasteiger partial charge in [0, 0.05) is 5.56 Å². The zero-order valence-electron chi connectivity index (χ0n) is 11.7. The fourth-order valence-electron chi connectivity index (χ4n) is 3.84. The van der Waals surface area contributed by atoms with Gasteiger partial charge in [0.05, 0.1) is 20.0 Å². The first-order chi connectivity index (χ1) is 9.62. The van der Waals surface area contributed by atoms with Crippen LogP contribution in [0.1, 0.15) is 10.4 Å². The molecule has 4 aliphatic heterocycles. The van der Waals surface area contributed by atoms with Gasteiger partial charge in [-0.15, -0.1) is 0 Å². The highest BCUT2D eigenvalue weighted by molar-refractivity contribution is 5.96. The van der Waals surface area contributed by atoms with E-state index in [1.54, 1.807) is 12.1 Å². The van der Waals surface area contributed by atoms with Crippen molar-refractivity contribution in [3.05, 3.63) is 35.6 Å². The molecule has 21 heavy (non-hydrogen) atoms. The van der Waals surface area contributed by atoms with E-state index in [0.29, 0.717) is 12.1 Å². The van der Waals surface area contributed by atoms with Crippen LogP contribution in [0.2, 0.25) is 0 Å². The van der Waals surface area contributed by atoms with E-state index in [9.17, 15) is 9.18 Å². The zero-order chi connectivity index (χ0) is 13.7. The number of rotatable bonds is 3. The van der Waals surface area contributed by atoms with Crippen LogP contribution >= 0.6 is 0 Å². The minimum atomic E-state index is -0.297. The Hall–Kier alpha value is -0.860. The molecular formula is C14H18BrFN4O. The van der Waals surface area contributed by atoms with E-state index in [4.69, 9.17) is 0 Å². The summed E-state index contributed by atoms with van der Waals surface area (Å²) in [5.41, 5.74) is 0.611. The molecule has 5 nitrogen and oxygen atoms in total. The molecule has 0 radical (unpaired) electrons. The number of nitrogens with zero attached hydrogens (tertiary/aromatic N) is 4. The summed E-state index contributed by atoms with van der Waals surface area (Å²) in [6.45, 7) is 6.37. The van der Waals surface area contributed by atoms with E-state index in [0.717, 1.165) is 44.5 Å². The molecule has 0 N–H and O–H groups in total. The van der Waals surface area contributed by atoms with Gasteiger partial charge in [-0.05, 0) is 24.3 Å². The smallest absolute Gasteiger partial charge is 0.217 e. The molecule has 0 spiro atoms. The van der Waals surface area contributed by atoms with Crippen molar-refractivity contribution < 1.29 is 30.6 Å². The Kier molecular flexibility index (Phi) is 3.87. The van der Waals surface area contributed by atoms with Crippen molar-refractivity contribution in [1.29, 1.82) is 0 Å². The molecule has 1 aromatic rings. The summed E-state index contributed by atoms with van der Waals surface area (Å²) in [7, 11) is 0. The molecule has 5 rings (SSSR count). The molecule has 7 heteroatoms. The van der Waals surface area contributed by atoms with E-state index in [1.165, 1.54) is 12.1 Å². The van der Waals surface area contributed by atoms with Crippen molar-refractivity contribution in [2.24, 2.45) is 0 Å². The largest absolute Gasteiger partial charge is 1.00 e. The maximum absolute atomic E-state index is 12.9. The Labute approximate surface area is 133 Å². The van der Waals surface area contributed by atoms with Gasteiger partial charge in [0.15, 0.2) is 0 Å². The summed E-state index contributed by atoms with van der Waals surface area (Å²) in [5.74, 6) is -0.190. The molecule has 0 atom stereocenters. The van der Waals surface area contributed by atoms with E-state index >= 15 is 0 Å². The van der Waals surface area contributed by atoms with Crippen LogP contribution in [0.4, 0.5) is 4.39 Å². The second kappa shape index (κ2) is 5.40. The van der Waals surface area contributed by atoms with E-state index in [-0.39, 0.29) is 28.6 Å². The number of ketones is 1. The van der Waals surface area contributed by atoms with Gasteiger partial charge in [-0.1, -0.05) is 0 Å². The highest BCUT2D eigenvalue weighted by Crippen LogP contribution is 2.28. The molecule has 0 amide bonds. The zero-order valence-corrected chi connectivity index (χ0v) is 13.3. The number of halogens is 2. The molecule has 0 saturated carbocycles. The van der Waals surface area contributed by atoms with Crippen LogP contribution in [0, 0.1) is 5.82 Å². The minimum absolute atomic E-state index is 0. The van der Waals surface area contributed by atoms with Gasteiger partial charge in [0.2, 0.25) is 5.78 Å². The highest BCUT2D eigenvalue weighted by Gasteiger charge is 2.49. The number of hydrogen-bond acceptors (Lipinski definition) is 4. The third-order valence-corrected chi connectivity index (χ3v) is 4.35. The molecule has 0 aliphatic carbocycles. The first kappa shape index (κ1) is 15.1. The standard InChI is InChI=1S/C14H18FN4O.BrH/c15-13-3-1-12(2-4-13)14(20)5-19-9-16-6-17(10-19)8-18(7-16)11-19;/h1-4H,5-11H2;1H/q+1;/p-1. The van der Waals surface area contributed by atoms with Gasteiger partial charge in [0.25, 0.3) is 0 Å². The van der Waals surface area contributed by atoms with Gasteiger partial charge in [-0.2, -0.15) is 0 Å². The normalized spacial score (nSPS) is 36.3. The topological polar surface area (TPSA) is 26.8 Å². The van der Waals surface area contributed by atoms with Gasteiger partial charge in [-0.3, -0.25) is 9.28 Å². The average molecular weight is 357 g/mol. The number of carbonyl (C=O) groups excluding carboxylic acids is 1. The lowest BCUT2D eigenvalue weighted by Gasteiger charge is -2.60. The van der Waals surface area contributed by atoms with Crippen LogP contribution in [0.3, 0.4) is 0 Å². The maximum atomic E-state index is 12.9. The fraction of sp³-hybridized carbons (Fsp3) is 0.500. The molecule has 4 bridgehead atoms. The second-order valence-electron chi connectivity index (χ2n) is 6.29. The molecule has 1 aromatic carbocycles. The Morgan fingerprint density at radius 3 is 1.95 bits per heavy atom. The summed E-state index contributed by atoms with van der Waals surface area (Å²) in [4.78, 5) is 19.6. The van der Waals surface area contributed by atoms with Gasteiger partial charge >= 0.3 is 0 Å². The molecule has 4 saturated heterocycles. The second-order valence-corrected chi connectivity index (χ2v) is 6.29. The summed E-state index contributed by atoms with van der Waals surface area (Å²) in [5, 5.41) is 0. The van der Waals surface area contributed by atoms with Crippen LogP contribution in [-0.2, 0) is 0 Å². The van der Waals surface area contributed by atoms with Crippen molar-refractivity contribution in [2.75, 3.05) is 46.6 Å². The number of benzene rings is 1. The molecule has 4 heterocycles. The summed E-state index contributed by atoms with van der Waals surface area (Å²) >= 11 is 0. The first-order valence-corrected chi connectivity index (χ1v) is 6.93. The minimum Gasteiger partial charge on any atom is -1.00 e. The Morgan fingerprint density at radius 1 is 1.00 bits per heavy atom. The lowest BCUT2D eigenvalue weighted by Crippen LogP contribution is -3.00. The molecule has 0 aromatic heterocycles.